The molecule has 3 saturated heterocycles. The Balaban J connectivity index is 1.51. The number of hydrogen-bond acceptors (Lipinski definition) is 1. The van der Waals surface area contributed by atoms with Crippen molar-refractivity contribution in [2.45, 2.75) is 32.1 Å². The van der Waals surface area contributed by atoms with Gasteiger partial charge in [0, 0.05) is 18.8 Å². The van der Waals surface area contributed by atoms with Crippen molar-refractivity contribution in [3.63, 3.8) is 0 Å². The monoisotopic (exact) mass is 231 g/mol. The second-order valence-electron chi connectivity index (χ2n) is 5.93. The Morgan fingerprint density at radius 3 is 2.59 bits per heavy atom. The fraction of sp³-hybridized carbons (Fsp3) is 0.667. The van der Waals surface area contributed by atoms with E-state index in [2.05, 4.69) is 11.1 Å². The topological polar surface area (TPSA) is 12.9 Å². The molecule has 3 fully saturated rings. The first-order valence-electron chi connectivity index (χ1n) is 7.10. The van der Waals surface area contributed by atoms with E-state index in [1.54, 1.807) is 0 Å². The first-order valence-corrected chi connectivity index (χ1v) is 7.10. The zero-order chi connectivity index (χ0) is 11.6. The van der Waals surface area contributed by atoms with Crippen molar-refractivity contribution in [3.05, 3.63) is 30.1 Å². The second kappa shape index (κ2) is 4.77. The summed E-state index contributed by atoms with van der Waals surface area (Å²) in [6, 6.07) is 4.25. The Hall–Kier alpha value is -0.890. The fourth-order valence-electron chi connectivity index (χ4n) is 3.64. The molecule has 17 heavy (non-hydrogen) atoms. The Bertz CT molecular complexity index is 339. The van der Waals surface area contributed by atoms with Crippen LogP contribution in [0.2, 0.25) is 0 Å². The SMILES string of the molecule is c1cncc(CCC[N+]23CCC(CC2)CC3)c1. The van der Waals surface area contributed by atoms with Gasteiger partial charge in [0.15, 0.2) is 0 Å². The van der Waals surface area contributed by atoms with Gasteiger partial charge in [-0.05, 0) is 43.2 Å². The predicted molar refractivity (Wildman–Crippen MR) is 69.6 cm³/mol. The van der Waals surface area contributed by atoms with Crippen LogP contribution in [-0.2, 0) is 6.42 Å². The number of quaternary nitrogens is 1. The Morgan fingerprint density at radius 1 is 1.18 bits per heavy atom. The van der Waals surface area contributed by atoms with E-state index >= 15 is 0 Å². The zero-order valence-corrected chi connectivity index (χ0v) is 10.6. The van der Waals surface area contributed by atoms with E-state index in [4.69, 9.17) is 0 Å². The highest BCUT2D eigenvalue weighted by atomic mass is 15.4. The van der Waals surface area contributed by atoms with Crippen molar-refractivity contribution >= 4 is 0 Å². The molecule has 0 amide bonds. The van der Waals surface area contributed by atoms with Gasteiger partial charge in [0.1, 0.15) is 0 Å². The largest absolute Gasteiger partial charge is 0.324 e. The highest BCUT2D eigenvalue weighted by molar-refractivity contribution is 5.08. The first-order chi connectivity index (χ1) is 8.36. The summed E-state index contributed by atoms with van der Waals surface area (Å²) in [6.45, 7) is 5.76. The van der Waals surface area contributed by atoms with Crippen LogP contribution in [0.4, 0.5) is 0 Å². The molecule has 4 heterocycles. The van der Waals surface area contributed by atoms with E-state index in [0.717, 1.165) is 5.92 Å². The van der Waals surface area contributed by atoms with Crippen LogP contribution in [-0.4, -0.2) is 35.6 Å². The first kappa shape index (κ1) is 11.2. The number of pyridine rings is 1. The molecule has 0 atom stereocenters. The number of hydrogen-bond donors (Lipinski definition) is 0. The lowest BCUT2D eigenvalue weighted by Gasteiger charge is -2.49. The lowest BCUT2D eigenvalue weighted by atomic mass is 9.85. The quantitative estimate of drug-likeness (QED) is 0.726. The molecule has 3 aliphatic rings. The molecule has 0 spiro atoms. The maximum Gasteiger partial charge on any atom is 0.0789 e. The fourth-order valence-corrected chi connectivity index (χ4v) is 3.64. The van der Waals surface area contributed by atoms with Crippen LogP contribution in [0.25, 0.3) is 0 Å². The molecule has 92 valence electrons. The molecule has 3 aliphatic heterocycles. The smallest absolute Gasteiger partial charge is 0.0789 e. The lowest BCUT2D eigenvalue weighted by Crippen LogP contribution is -2.58. The van der Waals surface area contributed by atoms with Gasteiger partial charge in [-0.25, -0.2) is 0 Å². The van der Waals surface area contributed by atoms with E-state index in [1.165, 1.54) is 68.3 Å². The number of piperidine rings is 3. The van der Waals surface area contributed by atoms with Crippen LogP contribution in [0.15, 0.2) is 24.5 Å². The standard InChI is InChI=1S/C15H23N2/c1-3-15(13-16-8-1)4-2-9-17-10-5-14(6-11-17)7-12-17/h1,3,8,13-14H,2,4-7,9-12H2/q+1. The van der Waals surface area contributed by atoms with Gasteiger partial charge in [0.05, 0.1) is 26.2 Å². The molecule has 2 bridgehead atoms. The van der Waals surface area contributed by atoms with Crippen molar-refractivity contribution in [1.82, 2.24) is 4.98 Å². The van der Waals surface area contributed by atoms with Crippen molar-refractivity contribution in [2.24, 2.45) is 5.92 Å². The molecular formula is C15H23N2+. The molecule has 0 N–H and O–H groups in total. The molecule has 1 aromatic heterocycles. The number of fused-ring (bicyclic) bond motifs is 3. The van der Waals surface area contributed by atoms with Crippen molar-refractivity contribution in [2.75, 3.05) is 26.2 Å². The third kappa shape index (κ3) is 2.52. The van der Waals surface area contributed by atoms with Gasteiger partial charge < -0.3 is 4.48 Å². The molecule has 0 radical (unpaired) electrons. The number of nitrogens with zero attached hydrogens (tertiary/aromatic N) is 2. The van der Waals surface area contributed by atoms with Gasteiger partial charge in [-0.15, -0.1) is 0 Å². The maximum atomic E-state index is 4.19. The van der Waals surface area contributed by atoms with Gasteiger partial charge in [-0.3, -0.25) is 4.98 Å². The van der Waals surface area contributed by atoms with Crippen LogP contribution in [0, 0.1) is 5.92 Å². The lowest BCUT2D eigenvalue weighted by molar-refractivity contribution is -0.942. The molecule has 0 unspecified atom stereocenters. The Labute approximate surface area is 104 Å². The molecule has 2 heteroatoms. The Morgan fingerprint density at radius 2 is 1.94 bits per heavy atom. The van der Waals surface area contributed by atoms with Gasteiger partial charge in [0.2, 0.25) is 0 Å². The summed E-state index contributed by atoms with van der Waals surface area (Å²) in [6.07, 6.45) is 10.9. The normalized spacial score (nSPS) is 31.6. The van der Waals surface area contributed by atoms with E-state index in [-0.39, 0.29) is 0 Å². The molecule has 0 aliphatic carbocycles. The third-order valence-electron chi connectivity index (χ3n) is 4.86. The summed E-state index contributed by atoms with van der Waals surface area (Å²) < 4.78 is 1.43. The van der Waals surface area contributed by atoms with Crippen molar-refractivity contribution in [3.8, 4) is 0 Å². The van der Waals surface area contributed by atoms with Crippen molar-refractivity contribution < 1.29 is 4.48 Å². The molecule has 1 aromatic rings. The molecular weight excluding hydrogens is 208 g/mol. The van der Waals surface area contributed by atoms with Gasteiger partial charge in [-0.1, -0.05) is 6.07 Å². The summed E-state index contributed by atoms with van der Waals surface area (Å²) in [5.41, 5.74) is 1.40. The van der Waals surface area contributed by atoms with Crippen LogP contribution < -0.4 is 0 Å². The van der Waals surface area contributed by atoms with E-state index < -0.39 is 0 Å². The van der Waals surface area contributed by atoms with Crippen molar-refractivity contribution in [1.29, 1.82) is 0 Å². The van der Waals surface area contributed by atoms with Gasteiger partial charge in [-0.2, -0.15) is 0 Å². The van der Waals surface area contributed by atoms with E-state index in [0.29, 0.717) is 0 Å². The van der Waals surface area contributed by atoms with Gasteiger partial charge in [0.25, 0.3) is 0 Å². The van der Waals surface area contributed by atoms with Crippen LogP contribution in [0.5, 0.6) is 0 Å². The average molecular weight is 231 g/mol. The minimum absolute atomic E-state index is 1.08. The van der Waals surface area contributed by atoms with Crippen LogP contribution in [0.1, 0.15) is 31.2 Å². The third-order valence-corrected chi connectivity index (χ3v) is 4.86. The Kier molecular flexibility index (Phi) is 3.15. The molecule has 4 rings (SSSR count). The van der Waals surface area contributed by atoms with Crippen LogP contribution in [0.3, 0.4) is 0 Å². The minimum atomic E-state index is 1.08. The summed E-state index contributed by atoms with van der Waals surface area (Å²) in [5.74, 6) is 1.08. The summed E-state index contributed by atoms with van der Waals surface area (Å²) in [5, 5.41) is 0. The average Bonchev–Trinajstić information content (AvgIpc) is 2.42. The maximum absolute atomic E-state index is 4.19. The van der Waals surface area contributed by atoms with E-state index in [1.807, 2.05) is 18.5 Å². The number of aromatic nitrogens is 1. The molecule has 2 nitrogen and oxygen atoms in total. The predicted octanol–water partition coefficient (Wildman–Crippen LogP) is 2.64. The highest BCUT2D eigenvalue weighted by Gasteiger charge is 2.38. The summed E-state index contributed by atoms with van der Waals surface area (Å²) in [7, 11) is 0. The summed E-state index contributed by atoms with van der Waals surface area (Å²) >= 11 is 0. The minimum Gasteiger partial charge on any atom is -0.324 e. The number of aryl methyl sites for hydroxylation is 1. The highest BCUT2D eigenvalue weighted by Crippen LogP contribution is 2.33. The van der Waals surface area contributed by atoms with Crippen LogP contribution >= 0.6 is 0 Å². The molecule has 0 saturated carbocycles. The second-order valence-corrected chi connectivity index (χ2v) is 5.93. The zero-order valence-electron chi connectivity index (χ0n) is 10.6. The summed E-state index contributed by atoms with van der Waals surface area (Å²) in [4.78, 5) is 4.19. The molecule has 0 aromatic carbocycles. The number of rotatable bonds is 4. The van der Waals surface area contributed by atoms with Gasteiger partial charge >= 0.3 is 0 Å². The van der Waals surface area contributed by atoms with E-state index in [9.17, 15) is 0 Å².